The number of anilines is 2. The molecular weight excluding hydrogens is 369 g/mol. The lowest BCUT2D eigenvalue weighted by Crippen LogP contribution is -2.16. The zero-order valence-corrected chi connectivity index (χ0v) is 15.9. The number of nitrogens with one attached hydrogen (secondary N) is 3. The maximum atomic E-state index is 13.3. The second-order valence-corrected chi connectivity index (χ2v) is 6.69. The highest BCUT2D eigenvalue weighted by atomic mass is 19.1. The largest absolute Gasteiger partial charge is 0.370 e. The molecule has 0 saturated carbocycles. The van der Waals surface area contributed by atoms with Crippen molar-refractivity contribution in [2.75, 3.05) is 17.2 Å². The first-order valence-electron chi connectivity index (χ1n) is 9.30. The Bertz CT molecular complexity index is 1170. The van der Waals surface area contributed by atoms with Gasteiger partial charge in [-0.15, -0.1) is 0 Å². The highest BCUT2D eigenvalue weighted by Crippen LogP contribution is 2.18. The van der Waals surface area contributed by atoms with Crippen LogP contribution in [0.25, 0.3) is 10.9 Å². The summed E-state index contributed by atoms with van der Waals surface area (Å²) in [5, 5.41) is 7.10. The van der Waals surface area contributed by atoms with Crippen LogP contribution in [0.1, 0.15) is 21.9 Å². The fraction of sp³-hybridized carbons (Fsp3) is 0.136. The first kappa shape index (κ1) is 18.6. The second kappa shape index (κ2) is 8.10. The van der Waals surface area contributed by atoms with Gasteiger partial charge in [0.1, 0.15) is 23.2 Å². The third-order valence-electron chi connectivity index (χ3n) is 4.53. The number of carbonyl (C=O) groups excluding carboxylic acids is 1. The van der Waals surface area contributed by atoms with Gasteiger partial charge in [0.05, 0.1) is 0 Å². The number of carbonyl (C=O) groups is 1. The number of hydrogen-bond donors (Lipinski definition) is 3. The molecule has 6 nitrogen and oxygen atoms in total. The van der Waals surface area contributed by atoms with Crippen LogP contribution in [-0.4, -0.2) is 27.4 Å². The molecular formula is C22H20FN5O. The van der Waals surface area contributed by atoms with Gasteiger partial charge in [-0.25, -0.2) is 14.4 Å². The van der Waals surface area contributed by atoms with E-state index in [2.05, 4.69) is 31.7 Å². The quantitative estimate of drug-likeness (QED) is 0.459. The van der Waals surface area contributed by atoms with Crippen LogP contribution in [0.15, 0.2) is 60.8 Å². The van der Waals surface area contributed by atoms with Crippen molar-refractivity contribution in [1.82, 2.24) is 15.0 Å². The molecule has 29 heavy (non-hydrogen) atoms. The Hall–Kier alpha value is -3.74. The average Bonchev–Trinajstić information content (AvgIpc) is 3.11. The lowest BCUT2D eigenvalue weighted by Gasteiger charge is -2.09. The molecule has 1 amide bonds. The summed E-state index contributed by atoms with van der Waals surface area (Å²) in [5.74, 6) is 0.218. The molecule has 0 aliphatic rings. The van der Waals surface area contributed by atoms with Crippen LogP contribution in [0, 0.1) is 12.7 Å². The minimum absolute atomic E-state index is 0.219. The number of fused-ring (bicyclic) bond motifs is 1. The molecule has 4 aromatic rings. The van der Waals surface area contributed by atoms with E-state index in [0.29, 0.717) is 23.9 Å². The second-order valence-electron chi connectivity index (χ2n) is 6.69. The molecule has 0 aliphatic heterocycles. The van der Waals surface area contributed by atoms with Crippen LogP contribution in [0.3, 0.4) is 0 Å². The molecule has 146 valence electrons. The summed E-state index contributed by atoms with van der Waals surface area (Å²) in [6.07, 6.45) is 2.81. The van der Waals surface area contributed by atoms with Gasteiger partial charge in [0.25, 0.3) is 5.91 Å². The molecule has 2 aromatic heterocycles. The predicted molar refractivity (Wildman–Crippen MR) is 112 cm³/mol. The number of hydrogen-bond acceptors (Lipinski definition) is 4. The van der Waals surface area contributed by atoms with Crippen molar-refractivity contribution in [2.24, 2.45) is 0 Å². The summed E-state index contributed by atoms with van der Waals surface area (Å²) in [6, 6.07) is 15.5. The number of aromatic nitrogens is 3. The van der Waals surface area contributed by atoms with Gasteiger partial charge in [0.15, 0.2) is 0 Å². The van der Waals surface area contributed by atoms with E-state index in [0.717, 1.165) is 11.9 Å². The predicted octanol–water partition coefficient (Wildman–Crippen LogP) is 4.31. The van der Waals surface area contributed by atoms with Crippen molar-refractivity contribution in [1.29, 1.82) is 0 Å². The van der Waals surface area contributed by atoms with Gasteiger partial charge in [-0.1, -0.05) is 24.3 Å². The molecule has 0 spiro atoms. The molecule has 0 radical (unpaired) electrons. The first-order valence-corrected chi connectivity index (χ1v) is 9.30. The van der Waals surface area contributed by atoms with Crippen molar-refractivity contribution in [3.63, 3.8) is 0 Å². The minimum Gasteiger partial charge on any atom is -0.370 e. The van der Waals surface area contributed by atoms with Crippen molar-refractivity contribution < 1.29 is 9.18 Å². The molecule has 3 N–H and O–H groups in total. The van der Waals surface area contributed by atoms with Gasteiger partial charge < -0.3 is 15.6 Å². The van der Waals surface area contributed by atoms with E-state index in [1.807, 2.05) is 24.4 Å². The molecule has 4 rings (SSSR count). The molecule has 2 aromatic carbocycles. The van der Waals surface area contributed by atoms with Gasteiger partial charge in [-0.3, -0.25) is 4.79 Å². The zero-order valence-electron chi connectivity index (χ0n) is 15.9. The fourth-order valence-electron chi connectivity index (χ4n) is 3.20. The van der Waals surface area contributed by atoms with Gasteiger partial charge >= 0.3 is 0 Å². The van der Waals surface area contributed by atoms with Crippen LogP contribution in [0.4, 0.5) is 15.9 Å². The molecule has 0 fully saturated rings. The van der Waals surface area contributed by atoms with Crippen molar-refractivity contribution in [3.05, 3.63) is 83.7 Å². The monoisotopic (exact) mass is 389 g/mol. The number of para-hydroxylation sites is 1. The zero-order chi connectivity index (χ0) is 20.2. The van der Waals surface area contributed by atoms with E-state index in [4.69, 9.17) is 0 Å². The molecule has 2 heterocycles. The third kappa shape index (κ3) is 4.40. The smallest absolute Gasteiger partial charge is 0.274 e. The number of halogens is 1. The minimum atomic E-state index is -0.416. The standard InChI is InChI=1S/C22H20FN5O/c1-14-26-20(22(29)28-17-6-4-5-16(23)11-17)12-21(27-14)24-10-9-15-13-25-19-8-3-2-7-18(15)19/h2-8,11-13,25H,9-10H2,1H3,(H,28,29)(H,24,26,27). The van der Waals surface area contributed by atoms with Crippen LogP contribution in [-0.2, 0) is 6.42 Å². The molecule has 0 unspecified atom stereocenters. The number of nitrogens with zero attached hydrogens (tertiary/aromatic N) is 2. The van der Waals surface area contributed by atoms with Gasteiger partial charge in [-0.05, 0) is 43.2 Å². The van der Waals surface area contributed by atoms with E-state index >= 15 is 0 Å². The fourth-order valence-corrected chi connectivity index (χ4v) is 3.20. The number of benzene rings is 2. The lowest BCUT2D eigenvalue weighted by atomic mass is 10.1. The van der Waals surface area contributed by atoms with Crippen molar-refractivity contribution in [3.8, 4) is 0 Å². The summed E-state index contributed by atoms with van der Waals surface area (Å²) in [5.41, 5.74) is 2.91. The molecule has 7 heteroatoms. The normalized spacial score (nSPS) is 10.8. The Kier molecular flexibility index (Phi) is 5.20. The maximum Gasteiger partial charge on any atom is 0.274 e. The Morgan fingerprint density at radius 1 is 1.10 bits per heavy atom. The first-order chi connectivity index (χ1) is 14.1. The molecule has 0 aliphatic carbocycles. The Labute approximate surface area is 167 Å². The van der Waals surface area contributed by atoms with Crippen LogP contribution in [0.2, 0.25) is 0 Å². The Morgan fingerprint density at radius 3 is 2.83 bits per heavy atom. The van der Waals surface area contributed by atoms with Crippen molar-refractivity contribution >= 4 is 28.3 Å². The van der Waals surface area contributed by atoms with E-state index in [1.54, 1.807) is 19.1 Å². The summed E-state index contributed by atoms with van der Waals surface area (Å²) in [6.45, 7) is 2.38. The Morgan fingerprint density at radius 2 is 1.97 bits per heavy atom. The van der Waals surface area contributed by atoms with Gasteiger partial charge in [0, 0.05) is 35.4 Å². The summed E-state index contributed by atoms with van der Waals surface area (Å²) >= 11 is 0. The summed E-state index contributed by atoms with van der Waals surface area (Å²) in [4.78, 5) is 24.3. The average molecular weight is 389 g/mol. The van der Waals surface area contributed by atoms with E-state index < -0.39 is 11.7 Å². The van der Waals surface area contributed by atoms with E-state index in [-0.39, 0.29) is 5.69 Å². The van der Waals surface area contributed by atoms with Crippen molar-refractivity contribution in [2.45, 2.75) is 13.3 Å². The van der Waals surface area contributed by atoms with E-state index in [9.17, 15) is 9.18 Å². The molecule has 0 atom stereocenters. The third-order valence-corrected chi connectivity index (χ3v) is 4.53. The summed E-state index contributed by atoms with van der Waals surface area (Å²) < 4.78 is 13.3. The number of aromatic amines is 1. The van der Waals surface area contributed by atoms with Crippen LogP contribution in [0.5, 0.6) is 0 Å². The topological polar surface area (TPSA) is 82.7 Å². The SMILES string of the molecule is Cc1nc(NCCc2c[nH]c3ccccc23)cc(C(=O)Nc2cccc(F)c2)n1. The van der Waals surface area contributed by atoms with Gasteiger partial charge in [-0.2, -0.15) is 0 Å². The number of H-pyrrole nitrogens is 1. The number of amides is 1. The van der Waals surface area contributed by atoms with Crippen LogP contribution < -0.4 is 10.6 Å². The summed E-state index contributed by atoms with van der Waals surface area (Å²) in [7, 11) is 0. The molecule has 0 saturated heterocycles. The van der Waals surface area contributed by atoms with E-state index in [1.165, 1.54) is 29.1 Å². The molecule has 0 bridgehead atoms. The highest BCUT2D eigenvalue weighted by Gasteiger charge is 2.11. The number of aryl methyl sites for hydroxylation is 1. The van der Waals surface area contributed by atoms with Gasteiger partial charge in [0.2, 0.25) is 0 Å². The Balaban J connectivity index is 1.43. The lowest BCUT2D eigenvalue weighted by molar-refractivity contribution is 0.102. The number of rotatable bonds is 6. The maximum absolute atomic E-state index is 13.3. The van der Waals surface area contributed by atoms with Crippen LogP contribution >= 0.6 is 0 Å². The highest BCUT2D eigenvalue weighted by molar-refractivity contribution is 6.03.